The molecule has 1 N–H and O–H groups in total. The minimum absolute atomic E-state index is 0.0274. The Morgan fingerprint density at radius 3 is 2.47 bits per heavy atom. The second-order valence-corrected chi connectivity index (χ2v) is 6.03. The van der Waals surface area contributed by atoms with E-state index in [1.54, 1.807) is 0 Å². The Kier molecular flexibility index (Phi) is 3.64. The summed E-state index contributed by atoms with van der Waals surface area (Å²) < 4.78 is 6.51. The van der Waals surface area contributed by atoms with Crippen molar-refractivity contribution in [3.8, 4) is 0 Å². The zero-order valence-electron chi connectivity index (χ0n) is 12.1. The van der Waals surface area contributed by atoms with Gasteiger partial charge in [-0.05, 0) is 42.7 Å². The lowest BCUT2D eigenvalue weighted by atomic mass is 9.92. The molecule has 1 atom stereocenters. The van der Waals surface area contributed by atoms with Gasteiger partial charge in [-0.2, -0.15) is 0 Å². The van der Waals surface area contributed by atoms with Gasteiger partial charge in [-0.1, -0.05) is 38.1 Å². The van der Waals surface area contributed by atoms with Crippen molar-refractivity contribution in [2.75, 3.05) is 13.1 Å². The van der Waals surface area contributed by atoms with Crippen molar-refractivity contribution >= 4 is 0 Å². The lowest BCUT2D eigenvalue weighted by Gasteiger charge is -2.41. The predicted octanol–water partition coefficient (Wildman–Crippen LogP) is 3.78. The zero-order chi connectivity index (χ0) is 13.3. The summed E-state index contributed by atoms with van der Waals surface area (Å²) >= 11 is 0. The number of nitrogens with one attached hydrogen (secondary N) is 1. The first kappa shape index (κ1) is 13.1. The molecule has 2 fully saturated rings. The highest BCUT2D eigenvalue weighted by Gasteiger charge is 2.36. The largest absolute Gasteiger partial charge is 0.364 e. The topological polar surface area (TPSA) is 21.3 Å². The summed E-state index contributed by atoms with van der Waals surface area (Å²) in [5.74, 6) is 0.791. The molecule has 3 rings (SSSR count). The van der Waals surface area contributed by atoms with Crippen LogP contribution in [0.15, 0.2) is 24.3 Å². The number of hydrogen-bond acceptors (Lipinski definition) is 2. The minimum Gasteiger partial charge on any atom is -0.364 e. The van der Waals surface area contributed by atoms with Crippen molar-refractivity contribution < 1.29 is 4.74 Å². The lowest BCUT2D eigenvalue weighted by Crippen LogP contribution is -2.50. The van der Waals surface area contributed by atoms with E-state index in [1.165, 1.54) is 24.0 Å². The van der Waals surface area contributed by atoms with E-state index in [2.05, 4.69) is 43.4 Å². The van der Waals surface area contributed by atoms with Gasteiger partial charge >= 0.3 is 0 Å². The number of benzene rings is 1. The van der Waals surface area contributed by atoms with E-state index in [1.807, 2.05) is 0 Å². The molecule has 0 aromatic heterocycles. The minimum atomic E-state index is 0.0274. The summed E-state index contributed by atoms with van der Waals surface area (Å²) in [6.07, 6.45) is 5.09. The van der Waals surface area contributed by atoms with Crippen LogP contribution in [-0.2, 0) is 4.74 Å². The highest BCUT2D eigenvalue weighted by atomic mass is 16.5. The van der Waals surface area contributed by atoms with Crippen molar-refractivity contribution in [3.05, 3.63) is 35.4 Å². The van der Waals surface area contributed by atoms with Crippen LogP contribution in [-0.4, -0.2) is 18.7 Å². The maximum Gasteiger partial charge on any atom is 0.0960 e. The Hall–Kier alpha value is -0.860. The van der Waals surface area contributed by atoms with E-state index >= 15 is 0 Å². The SMILES string of the molecule is CCC1(CC)CNCC(c2ccccc2C2CC2)O1. The molecule has 0 radical (unpaired) electrons. The van der Waals surface area contributed by atoms with Gasteiger partial charge in [0.15, 0.2) is 0 Å². The first-order chi connectivity index (χ1) is 9.28. The van der Waals surface area contributed by atoms with Gasteiger partial charge < -0.3 is 10.1 Å². The van der Waals surface area contributed by atoms with E-state index in [0.717, 1.165) is 31.8 Å². The number of ether oxygens (including phenoxy) is 1. The van der Waals surface area contributed by atoms with E-state index < -0.39 is 0 Å². The Bertz CT molecular complexity index is 435. The van der Waals surface area contributed by atoms with Crippen LogP contribution >= 0.6 is 0 Å². The monoisotopic (exact) mass is 259 g/mol. The molecule has 1 aliphatic heterocycles. The van der Waals surface area contributed by atoms with Crippen molar-refractivity contribution in [1.82, 2.24) is 5.32 Å². The highest BCUT2D eigenvalue weighted by Crippen LogP contribution is 2.44. The Balaban J connectivity index is 1.85. The van der Waals surface area contributed by atoms with Gasteiger partial charge in [0.25, 0.3) is 0 Å². The van der Waals surface area contributed by atoms with E-state index in [-0.39, 0.29) is 11.7 Å². The number of morpholine rings is 1. The van der Waals surface area contributed by atoms with Gasteiger partial charge in [0.2, 0.25) is 0 Å². The zero-order valence-corrected chi connectivity index (χ0v) is 12.1. The molecule has 0 bridgehead atoms. The summed E-state index contributed by atoms with van der Waals surface area (Å²) in [5, 5.41) is 3.59. The fraction of sp³-hybridized carbons (Fsp3) is 0.647. The maximum atomic E-state index is 6.51. The molecule has 1 saturated carbocycles. The Morgan fingerprint density at radius 2 is 1.84 bits per heavy atom. The van der Waals surface area contributed by atoms with Gasteiger partial charge in [0, 0.05) is 13.1 Å². The summed E-state index contributed by atoms with van der Waals surface area (Å²) in [4.78, 5) is 0. The normalized spacial score (nSPS) is 26.3. The molecule has 0 spiro atoms. The smallest absolute Gasteiger partial charge is 0.0960 e. The molecule has 1 aromatic rings. The Morgan fingerprint density at radius 1 is 1.16 bits per heavy atom. The molecular formula is C17H25NO. The van der Waals surface area contributed by atoms with E-state index in [4.69, 9.17) is 4.74 Å². The molecule has 1 aliphatic carbocycles. The van der Waals surface area contributed by atoms with Crippen LogP contribution < -0.4 is 5.32 Å². The fourth-order valence-electron chi connectivity index (χ4n) is 3.23. The average molecular weight is 259 g/mol. The first-order valence-corrected chi connectivity index (χ1v) is 7.75. The maximum absolute atomic E-state index is 6.51. The third-order valence-corrected chi connectivity index (χ3v) is 4.82. The van der Waals surface area contributed by atoms with E-state index in [9.17, 15) is 0 Å². The summed E-state index contributed by atoms with van der Waals surface area (Å²) in [6, 6.07) is 8.88. The van der Waals surface area contributed by atoms with Crippen molar-refractivity contribution in [2.45, 2.75) is 57.2 Å². The molecule has 1 heterocycles. The van der Waals surface area contributed by atoms with Crippen LogP contribution in [0, 0.1) is 0 Å². The molecule has 1 aromatic carbocycles. The second kappa shape index (κ2) is 5.26. The third kappa shape index (κ3) is 2.56. The molecular weight excluding hydrogens is 234 g/mol. The van der Waals surface area contributed by atoms with E-state index in [0.29, 0.717) is 0 Å². The standard InChI is InChI=1S/C17H25NO/c1-3-17(4-2)12-18-11-16(19-17)15-8-6-5-7-14(15)13-9-10-13/h5-8,13,16,18H,3-4,9-12H2,1-2H3. The molecule has 104 valence electrons. The lowest BCUT2D eigenvalue weighted by molar-refractivity contribution is -0.122. The molecule has 1 saturated heterocycles. The quantitative estimate of drug-likeness (QED) is 0.888. The van der Waals surface area contributed by atoms with Crippen molar-refractivity contribution in [1.29, 1.82) is 0 Å². The summed E-state index contributed by atoms with van der Waals surface area (Å²) in [6.45, 7) is 6.41. The molecule has 2 aliphatic rings. The number of rotatable bonds is 4. The van der Waals surface area contributed by atoms with Gasteiger partial charge in [0.05, 0.1) is 11.7 Å². The van der Waals surface area contributed by atoms with Crippen LogP contribution in [0.1, 0.15) is 62.7 Å². The third-order valence-electron chi connectivity index (χ3n) is 4.82. The molecule has 2 heteroatoms. The average Bonchev–Trinajstić information content (AvgIpc) is 3.32. The Labute approximate surface area is 116 Å². The van der Waals surface area contributed by atoms with Crippen molar-refractivity contribution in [2.24, 2.45) is 0 Å². The van der Waals surface area contributed by atoms with Crippen LogP contribution in [0.2, 0.25) is 0 Å². The van der Waals surface area contributed by atoms with Crippen LogP contribution in [0.3, 0.4) is 0 Å². The van der Waals surface area contributed by atoms with Crippen LogP contribution in [0.25, 0.3) is 0 Å². The van der Waals surface area contributed by atoms with Crippen molar-refractivity contribution in [3.63, 3.8) is 0 Å². The molecule has 0 amide bonds. The molecule has 1 unspecified atom stereocenters. The second-order valence-electron chi connectivity index (χ2n) is 6.03. The highest BCUT2D eigenvalue weighted by molar-refractivity contribution is 5.35. The first-order valence-electron chi connectivity index (χ1n) is 7.75. The van der Waals surface area contributed by atoms with Gasteiger partial charge in [-0.15, -0.1) is 0 Å². The summed E-state index contributed by atoms with van der Waals surface area (Å²) in [7, 11) is 0. The molecule has 19 heavy (non-hydrogen) atoms. The molecule has 2 nitrogen and oxygen atoms in total. The summed E-state index contributed by atoms with van der Waals surface area (Å²) in [5.41, 5.74) is 2.97. The number of hydrogen-bond donors (Lipinski definition) is 1. The van der Waals surface area contributed by atoms with Crippen LogP contribution in [0.4, 0.5) is 0 Å². The van der Waals surface area contributed by atoms with Gasteiger partial charge in [-0.3, -0.25) is 0 Å². The van der Waals surface area contributed by atoms with Gasteiger partial charge in [-0.25, -0.2) is 0 Å². The predicted molar refractivity (Wildman–Crippen MR) is 78.4 cm³/mol. The van der Waals surface area contributed by atoms with Gasteiger partial charge in [0.1, 0.15) is 0 Å². The fourth-order valence-corrected chi connectivity index (χ4v) is 3.23. The van der Waals surface area contributed by atoms with Crippen LogP contribution in [0.5, 0.6) is 0 Å².